The first kappa shape index (κ1) is 19.9. The monoisotopic (exact) mass is 380 g/mol. The van der Waals surface area contributed by atoms with Crippen LogP contribution in [0.5, 0.6) is 5.75 Å². The highest BCUT2D eigenvalue weighted by molar-refractivity contribution is 7.89. The van der Waals surface area contributed by atoms with Crippen LogP contribution in [0.4, 0.5) is 4.39 Å². The van der Waals surface area contributed by atoms with Crippen molar-refractivity contribution in [3.05, 3.63) is 59.4 Å². The molecule has 0 aliphatic carbocycles. The highest BCUT2D eigenvalue weighted by atomic mass is 32.2. The molecule has 0 radical (unpaired) electrons. The van der Waals surface area contributed by atoms with Gasteiger partial charge >= 0.3 is 0 Å². The maximum atomic E-state index is 13.5. The summed E-state index contributed by atoms with van der Waals surface area (Å²) >= 11 is 0. The third-order valence-corrected chi connectivity index (χ3v) is 5.33. The topological polar surface area (TPSA) is 84.5 Å². The Morgan fingerprint density at radius 2 is 1.92 bits per heavy atom. The van der Waals surface area contributed by atoms with Gasteiger partial charge in [-0.1, -0.05) is 18.2 Å². The second kappa shape index (κ2) is 8.77. The normalized spacial score (nSPS) is 11.2. The van der Waals surface area contributed by atoms with Crippen LogP contribution < -0.4 is 14.8 Å². The Labute approximate surface area is 152 Å². The lowest BCUT2D eigenvalue weighted by Crippen LogP contribution is -2.37. The zero-order valence-corrected chi connectivity index (χ0v) is 15.4. The first-order chi connectivity index (χ1) is 12.3. The summed E-state index contributed by atoms with van der Waals surface area (Å²) in [6, 6.07) is 10.9. The summed E-state index contributed by atoms with van der Waals surface area (Å²) in [4.78, 5) is 11.9. The molecule has 0 aromatic heterocycles. The van der Waals surface area contributed by atoms with Crippen molar-refractivity contribution in [2.45, 2.75) is 18.2 Å². The van der Waals surface area contributed by atoms with Gasteiger partial charge < -0.3 is 10.1 Å². The van der Waals surface area contributed by atoms with Gasteiger partial charge in [-0.3, -0.25) is 4.79 Å². The summed E-state index contributed by atoms with van der Waals surface area (Å²) in [6.07, 6.45) is 0.322. The van der Waals surface area contributed by atoms with E-state index in [0.717, 1.165) is 0 Å². The molecule has 1 amide bonds. The molecule has 8 heteroatoms. The number of carbonyl (C=O) groups excluding carboxylic acids is 1. The van der Waals surface area contributed by atoms with Crippen LogP contribution in [0.25, 0.3) is 0 Å². The molecular formula is C18H21FN2O4S. The van der Waals surface area contributed by atoms with Crippen molar-refractivity contribution in [1.82, 2.24) is 10.0 Å². The zero-order valence-electron chi connectivity index (χ0n) is 14.6. The summed E-state index contributed by atoms with van der Waals surface area (Å²) < 4.78 is 45.4. The molecule has 0 aliphatic heterocycles. The van der Waals surface area contributed by atoms with Gasteiger partial charge in [-0.2, -0.15) is 0 Å². The Morgan fingerprint density at radius 1 is 1.19 bits per heavy atom. The predicted molar refractivity (Wildman–Crippen MR) is 96.0 cm³/mol. The molecule has 26 heavy (non-hydrogen) atoms. The average molecular weight is 380 g/mol. The van der Waals surface area contributed by atoms with E-state index in [1.807, 2.05) is 0 Å². The van der Waals surface area contributed by atoms with E-state index in [1.165, 1.54) is 25.3 Å². The molecule has 0 aliphatic rings. The fourth-order valence-electron chi connectivity index (χ4n) is 2.39. The van der Waals surface area contributed by atoms with Gasteiger partial charge in [-0.05, 0) is 48.7 Å². The van der Waals surface area contributed by atoms with E-state index in [0.29, 0.717) is 23.3 Å². The molecule has 6 nitrogen and oxygen atoms in total. The molecule has 2 aromatic carbocycles. The molecule has 0 atom stereocenters. The fraction of sp³-hybridized carbons (Fsp3) is 0.278. The molecule has 0 spiro atoms. The zero-order chi connectivity index (χ0) is 19.2. The highest BCUT2D eigenvalue weighted by Crippen LogP contribution is 2.20. The van der Waals surface area contributed by atoms with E-state index >= 15 is 0 Å². The Morgan fingerprint density at radius 3 is 2.58 bits per heavy atom. The molecule has 2 rings (SSSR count). The second-order valence-corrected chi connectivity index (χ2v) is 7.38. The maximum Gasteiger partial charge on any atom is 0.241 e. The number of nitrogens with one attached hydrogen (secondary N) is 2. The van der Waals surface area contributed by atoms with E-state index < -0.39 is 22.5 Å². The van der Waals surface area contributed by atoms with Crippen molar-refractivity contribution in [2.75, 3.05) is 20.2 Å². The molecule has 0 bridgehead atoms. The minimum atomic E-state index is -3.82. The quantitative estimate of drug-likeness (QED) is 0.731. The Kier molecular flexibility index (Phi) is 6.70. The molecule has 2 N–H and O–H groups in total. The first-order valence-electron chi connectivity index (χ1n) is 7.98. The van der Waals surface area contributed by atoms with Gasteiger partial charge in [0.1, 0.15) is 11.6 Å². The SMILES string of the molecule is COc1ccc(S(=O)(=O)NCC(=O)NCCc2ccccc2F)c(C)c1. The third-order valence-electron chi connectivity index (χ3n) is 3.77. The van der Waals surface area contributed by atoms with Crippen molar-refractivity contribution in [3.8, 4) is 5.75 Å². The van der Waals surface area contributed by atoms with Crippen molar-refractivity contribution in [3.63, 3.8) is 0 Å². The van der Waals surface area contributed by atoms with Crippen LogP contribution in [0, 0.1) is 12.7 Å². The van der Waals surface area contributed by atoms with Crippen molar-refractivity contribution in [2.24, 2.45) is 0 Å². The summed E-state index contributed by atoms with van der Waals surface area (Å²) in [5.74, 6) is -0.277. The summed E-state index contributed by atoms with van der Waals surface area (Å²) in [5, 5.41) is 2.56. The average Bonchev–Trinajstić information content (AvgIpc) is 2.61. The Hall–Kier alpha value is -2.45. The third kappa shape index (κ3) is 5.27. The summed E-state index contributed by atoms with van der Waals surface area (Å²) in [5.41, 5.74) is 0.999. The number of carbonyl (C=O) groups is 1. The smallest absolute Gasteiger partial charge is 0.241 e. The number of halogens is 1. The van der Waals surface area contributed by atoms with Gasteiger partial charge in [0.2, 0.25) is 15.9 Å². The van der Waals surface area contributed by atoms with Crippen LogP contribution in [0.3, 0.4) is 0 Å². The van der Waals surface area contributed by atoms with Crippen LogP contribution in [0.2, 0.25) is 0 Å². The number of benzene rings is 2. The molecular weight excluding hydrogens is 359 g/mol. The minimum Gasteiger partial charge on any atom is -0.497 e. The molecule has 0 saturated carbocycles. The molecule has 140 valence electrons. The summed E-state index contributed by atoms with van der Waals surface area (Å²) in [7, 11) is -2.33. The first-order valence-corrected chi connectivity index (χ1v) is 9.46. The van der Waals surface area contributed by atoms with E-state index in [9.17, 15) is 17.6 Å². The van der Waals surface area contributed by atoms with Crippen LogP contribution in [0.1, 0.15) is 11.1 Å². The number of hydrogen-bond donors (Lipinski definition) is 2. The number of methoxy groups -OCH3 is 1. The van der Waals surface area contributed by atoms with Crippen molar-refractivity contribution in [1.29, 1.82) is 0 Å². The van der Waals surface area contributed by atoms with Gasteiger partial charge in [0.25, 0.3) is 0 Å². The molecule has 0 fully saturated rings. The lowest BCUT2D eigenvalue weighted by atomic mass is 10.1. The molecule has 0 heterocycles. The Balaban J connectivity index is 1.87. The van der Waals surface area contributed by atoms with Crippen LogP contribution >= 0.6 is 0 Å². The number of hydrogen-bond acceptors (Lipinski definition) is 4. The lowest BCUT2D eigenvalue weighted by molar-refractivity contribution is -0.119. The predicted octanol–water partition coefficient (Wildman–Crippen LogP) is 1.78. The van der Waals surface area contributed by atoms with Gasteiger partial charge in [-0.25, -0.2) is 17.5 Å². The number of aryl methyl sites for hydroxylation is 1. The van der Waals surface area contributed by atoms with Gasteiger partial charge in [0.05, 0.1) is 18.6 Å². The largest absolute Gasteiger partial charge is 0.497 e. The number of sulfonamides is 1. The number of amides is 1. The minimum absolute atomic E-state index is 0.0810. The van der Waals surface area contributed by atoms with E-state index in [2.05, 4.69) is 10.0 Å². The highest BCUT2D eigenvalue weighted by Gasteiger charge is 2.18. The van der Waals surface area contributed by atoms with Gasteiger partial charge in [0.15, 0.2) is 0 Å². The number of ether oxygens (including phenoxy) is 1. The standard InChI is InChI=1S/C18H21FN2O4S/c1-13-11-15(25-2)7-8-17(13)26(23,24)21-12-18(22)20-10-9-14-5-3-4-6-16(14)19/h3-8,11,21H,9-10,12H2,1-2H3,(H,20,22). The number of rotatable bonds is 8. The van der Waals surface area contributed by atoms with Crippen LogP contribution in [0.15, 0.2) is 47.4 Å². The van der Waals surface area contributed by atoms with Crippen LogP contribution in [-0.2, 0) is 21.2 Å². The van der Waals surface area contributed by atoms with E-state index in [1.54, 1.807) is 31.2 Å². The van der Waals surface area contributed by atoms with Crippen LogP contribution in [-0.4, -0.2) is 34.5 Å². The van der Waals surface area contributed by atoms with Crippen molar-refractivity contribution < 1.29 is 22.3 Å². The summed E-state index contributed by atoms with van der Waals surface area (Å²) in [6.45, 7) is 1.46. The Bertz CT molecular complexity index is 885. The molecule has 2 aromatic rings. The fourth-order valence-corrected chi connectivity index (χ4v) is 3.60. The molecule has 0 unspecified atom stereocenters. The van der Waals surface area contributed by atoms with Gasteiger partial charge in [0, 0.05) is 6.54 Å². The second-order valence-electron chi connectivity index (χ2n) is 5.65. The van der Waals surface area contributed by atoms with Crippen molar-refractivity contribution >= 4 is 15.9 Å². The lowest BCUT2D eigenvalue weighted by Gasteiger charge is -2.11. The van der Waals surface area contributed by atoms with Gasteiger partial charge in [-0.15, -0.1) is 0 Å². The maximum absolute atomic E-state index is 13.5. The van der Waals surface area contributed by atoms with E-state index in [-0.39, 0.29) is 17.3 Å². The van der Waals surface area contributed by atoms with E-state index in [4.69, 9.17) is 4.74 Å². The molecule has 0 saturated heterocycles.